The molecule has 16 heavy (non-hydrogen) atoms. The fraction of sp³-hybridized carbons (Fsp3) is 0.923. The van der Waals surface area contributed by atoms with E-state index in [2.05, 4.69) is 12.2 Å². The van der Waals surface area contributed by atoms with Crippen molar-refractivity contribution in [3.8, 4) is 0 Å². The minimum Gasteiger partial charge on any atom is -0.353 e. The van der Waals surface area contributed by atoms with E-state index < -0.39 is 0 Å². The van der Waals surface area contributed by atoms with Crippen molar-refractivity contribution >= 4 is 5.91 Å². The predicted octanol–water partition coefficient (Wildman–Crippen LogP) is 2.20. The van der Waals surface area contributed by atoms with Gasteiger partial charge in [-0.2, -0.15) is 0 Å². The average Bonchev–Trinajstić information content (AvgIpc) is 2.65. The number of nitrogens with two attached hydrogens (primary N) is 1. The normalized spacial score (nSPS) is 22.8. The third kappa shape index (κ3) is 3.21. The second-order valence-corrected chi connectivity index (χ2v) is 5.43. The van der Waals surface area contributed by atoms with E-state index in [-0.39, 0.29) is 23.4 Å². The zero-order chi connectivity index (χ0) is 12.2. The number of nitrogens with one attached hydrogen (secondary N) is 1. The minimum absolute atomic E-state index is 0.0773. The van der Waals surface area contributed by atoms with E-state index >= 15 is 0 Å². The lowest BCUT2D eigenvalue weighted by molar-refractivity contribution is -0.131. The molecule has 94 valence electrons. The van der Waals surface area contributed by atoms with Gasteiger partial charge in [0.05, 0.1) is 0 Å². The van der Waals surface area contributed by atoms with Gasteiger partial charge in [-0.05, 0) is 39.5 Å². The number of rotatable bonds is 5. The summed E-state index contributed by atoms with van der Waals surface area (Å²) in [4.78, 5) is 12.2. The van der Waals surface area contributed by atoms with Crippen LogP contribution in [0.15, 0.2) is 0 Å². The Kier molecular flexibility index (Phi) is 4.78. The largest absolute Gasteiger partial charge is 0.353 e. The van der Waals surface area contributed by atoms with E-state index in [9.17, 15) is 4.79 Å². The van der Waals surface area contributed by atoms with E-state index in [1.807, 2.05) is 13.8 Å². The van der Waals surface area contributed by atoms with E-state index in [1.165, 1.54) is 12.8 Å². The van der Waals surface area contributed by atoms with Crippen molar-refractivity contribution in [2.45, 2.75) is 71.4 Å². The lowest BCUT2D eigenvalue weighted by Gasteiger charge is -2.28. The highest BCUT2D eigenvalue weighted by Crippen LogP contribution is 2.41. The maximum absolute atomic E-state index is 12.2. The first kappa shape index (κ1) is 13.5. The van der Waals surface area contributed by atoms with Crippen molar-refractivity contribution in [1.29, 1.82) is 0 Å². The summed E-state index contributed by atoms with van der Waals surface area (Å²) in [5, 5.41) is 3.13. The van der Waals surface area contributed by atoms with E-state index in [1.54, 1.807) is 0 Å². The molecule has 0 spiro atoms. The van der Waals surface area contributed by atoms with Crippen LogP contribution in [0.3, 0.4) is 0 Å². The maximum atomic E-state index is 12.2. The van der Waals surface area contributed by atoms with Gasteiger partial charge in [0, 0.05) is 17.5 Å². The van der Waals surface area contributed by atoms with Crippen LogP contribution >= 0.6 is 0 Å². The van der Waals surface area contributed by atoms with Crippen LogP contribution in [0.5, 0.6) is 0 Å². The van der Waals surface area contributed by atoms with Gasteiger partial charge in [0.1, 0.15) is 0 Å². The summed E-state index contributed by atoms with van der Waals surface area (Å²) in [7, 11) is 0. The van der Waals surface area contributed by atoms with Gasteiger partial charge in [0.2, 0.25) is 5.91 Å². The minimum atomic E-state index is -0.0773. The van der Waals surface area contributed by atoms with Gasteiger partial charge in [-0.25, -0.2) is 0 Å². The van der Waals surface area contributed by atoms with E-state index in [0.717, 1.165) is 25.7 Å². The topological polar surface area (TPSA) is 55.1 Å². The van der Waals surface area contributed by atoms with Gasteiger partial charge in [-0.15, -0.1) is 0 Å². The third-order valence-corrected chi connectivity index (χ3v) is 3.82. The number of amides is 1. The molecule has 2 atom stereocenters. The van der Waals surface area contributed by atoms with Crippen molar-refractivity contribution in [3.63, 3.8) is 0 Å². The summed E-state index contributed by atoms with van der Waals surface area (Å²) in [5.74, 6) is 0.251. The fourth-order valence-electron chi connectivity index (χ4n) is 2.79. The first-order chi connectivity index (χ1) is 7.50. The fourth-order valence-corrected chi connectivity index (χ4v) is 2.79. The highest BCUT2D eigenvalue weighted by molar-refractivity contribution is 5.83. The second kappa shape index (κ2) is 5.67. The van der Waals surface area contributed by atoms with Gasteiger partial charge in [0.25, 0.3) is 0 Å². The Bertz CT molecular complexity index is 232. The Labute approximate surface area is 99.2 Å². The van der Waals surface area contributed by atoms with Crippen LogP contribution in [-0.4, -0.2) is 18.0 Å². The predicted molar refractivity (Wildman–Crippen MR) is 67.1 cm³/mol. The Morgan fingerprint density at radius 3 is 2.38 bits per heavy atom. The number of hydrogen-bond donors (Lipinski definition) is 2. The quantitative estimate of drug-likeness (QED) is 0.755. The van der Waals surface area contributed by atoms with Crippen LogP contribution in [0.4, 0.5) is 0 Å². The zero-order valence-corrected chi connectivity index (χ0v) is 10.9. The first-order valence-corrected chi connectivity index (χ1v) is 6.57. The molecular formula is C13H26N2O. The molecule has 1 saturated carbocycles. The standard InChI is InChI=1S/C13H26N2O/c1-4-13(7-5-6-8-13)12(16)15-11(3)9-10(2)14/h10-11H,4-9,14H2,1-3H3,(H,15,16). The van der Waals surface area contributed by atoms with Crippen molar-refractivity contribution in [3.05, 3.63) is 0 Å². The van der Waals surface area contributed by atoms with Crippen LogP contribution in [0.1, 0.15) is 59.3 Å². The summed E-state index contributed by atoms with van der Waals surface area (Å²) in [6.45, 7) is 6.15. The molecule has 0 heterocycles. The Balaban J connectivity index is 2.50. The Hall–Kier alpha value is -0.570. The molecule has 0 aromatic heterocycles. The molecule has 0 aromatic rings. The summed E-state index contributed by atoms with van der Waals surface area (Å²) < 4.78 is 0. The van der Waals surface area contributed by atoms with Crippen molar-refractivity contribution in [2.75, 3.05) is 0 Å². The smallest absolute Gasteiger partial charge is 0.226 e. The number of hydrogen-bond acceptors (Lipinski definition) is 2. The summed E-state index contributed by atoms with van der Waals surface area (Å²) in [5.41, 5.74) is 5.66. The van der Waals surface area contributed by atoms with Crippen LogP contribution < -0.4 is 11.1 Å². The number of carbonyl (C=O) groups excluding carboxylic acids is 1. The van der Waals surface area contributed by atoms with Crippen LogP contribution in [0.2, 0.25) is 0 Å². The molecule has 3 N–H and O–H groups in total. The molecule has 0 aromatic carbocycles. The lowest BCUT2D eigenvalue weighted by atomic mass is 9.82. The molecule has 1 rings (SSSR count). The van der Waals surface area contributed by atoms with Gasteiger partial charge >= 0.3 is 0 Å². The lowest BCUT2D eigenvalue weighted by Crippen LogP contribution is -2.44. The van der Waals surface area contributed by atoms with E-state index in [0.29, 0.717) is 0 Å². The molecule has 1 amide bonds. The molecule has 3 nitrogen and oxygen atoms in total. The van der Waals surface area contributed by atoms with Crippen molar-refractivity contribution in [2.24, 2.45) is 11.1 Å². The third-order valence-electron chi connectivity index (χ3n) is 3.82. The van der Waals surface area contributed by atoms with Crippen LogP contribution in [0, 0.1) is 5.41 Å². The second-order valence-electron chi connectivity index (χ2n) is 5.43. The summed E-state index contributed by atoms with van der Waals surface area (Å²) in [6.07, 6.45) is 6.32. The number of carbonyl (C=O) groups is 1. The molecule has 1 fully saturated rings. The molecule has 2 unspecified atom stereocenters. The van der Waals surface area contributed by atoms with Crippen molar-refractivity contribution < 1.29 is 4.79 Å². The van der Waals surface area contributed by atoms with Gasteiger partial charge in [-0.3, -0.25) is 4.79 Å². The molecule has 0 radical (unpaired) electrons. The maximum Gasteiger partial charge on any atom is 0.226 e. The van der Waals surface area contributed by atoms with Gasteiger partial charge in [0.15, 0.2) is 0 Å². The molecule has 3 heteroatoms. The highest BCUT2D eigenvalue weighted by Gasteiger charge is 2.39. The SMILES string of the molecule is CCC1(C(=O)NC(C)CC(C)N)CCCC1. The van der Waals surface area contributed by atoms with Crippen molar-refractivity contribution in [1.82, 2.24) is 5.32 Å². The monoisotopic (exact) mass is 226 g/mol. The molecule has 0 saturated heterocycles. The molecule has 1 aliphatic carbocycles. The highest BCUT2D eigenvalue weighted by atomic mass is 16.2. The van der Waals surface area contributed by atoms with Crippen LogP contribution in [-0.2, 0) is 4.79 Å². The van der Waals surface area contributed by atoms with Crippen LogP contribution in [0.25, 0.3) is 0 Å². The van der Waals surface area contributed by atoms with Gasteiger partial charge in [-0.1, -0.05) is 19.8 Å². The summed E-state index contributed by atoms with van der Waals surface area (Å²) >= 11 is 0. The molecule has 0 bridgehead atoms. The molecule has 0 aliphatic heterocycles. The average molecular weight is 226 g/mol. The Morgan fingerprint density at radius 1 is 1.38 bits per heavy atom. The van der Waals surface area contributed by atoms with Gasteiger partial charge < -0.3 is 11.1 Å². The first-order valence-electron chi connectivity index (χ1n) is 6.57. The Morgan fingerprint density at radius 2 is 1.94 bits per heavy atom. The summed E-state index contributed by atoms with van der Waals surface area (Å²) in [6, 6.07) is 0.341. The zero-order valence-electron chi connectivity index (χ0n) is 10.9. The molecule has 1 aliphatic rings. The van der Waals surface area contributed by atoms with E-state index in [4.69, 9.17) is 5.73 Å². The molecular weight excluding hydrogens is 200 g/mol.